The minimum absolute atomic E-state index is 0.328. The summed E-state index contributed by atoms with van der Waals surface area (Å²) in [5.41, 5.74) is 0. The van der Waals surface area contributed by atoms with Crippen molar-refractivity contribution in [3.05, 3.63) is 0 Å². The van der Waals surface area contributed by atoms with Crippen molar-refractivity contribution < 1.29 is 4.21 Å². The van der Waals surface area contributed by atoms with Crippen LogP contribution in [0.4, 0.5) is 0 Å². The highest BCUT2D eigenvalue weighted by molar-refractivity contribution is 7.99. The standard InChI is InChI=1S/C9H20OS2/c1-8(2)11-6-5-7-12(10)9(3)4/h8-9H,5-7H2,1-4H3. The molecule has 0 aromatic carbocycles. The first kappa shape index (κ1) is 12.5. The molecule has 0 aromatic heterocycles. The summed E-state index contributed by atoms with van der Waals surface area (Å²) in [6.07, 6.45) is 1.09. The highest BCUT2D eigenvalue weighted by Crippen LogP contribution is 2.10. The molecule has 0 aromatic rings. The number of hydrogen-bond donors (Lipinski definition) is 0. The van der Waals surface area contributed by atoms with Crippen LogP contribution >= 0.6 is 11.8 Å². The van der Waals surface area contributed by atoms with Crippen molar-refractivity contribution >= 4 is 22.6 Å². The molecule has 1 nitrogen and oxygen atoms in total. The molecule has 0 aliphatic carbocycles. The maximum atomic E-state index is 11.3. The smallest absolute Gasteiger partial charge is 0.0291 e. The van der Waals surface area contributed by atoms with Crippen LogP contribution in [0.5, 0.6) is 0 Å². The van der Waals surface area contributed by atoms with E-state index < -0.39 is 10.8 Å². The van der Waals surface area contributed by atoms with Gasteiger partial charge in [0.2, 0.25) is 0 Å². The average molecular weight is 208 g/mol. The van der Waals surface area contributed by atoms with Crippen LogP contribution in [0.2, 0.25) is 0 Å². The maximum absolute atomic E-state index is 11.3. The average Bonchev–Trinajstić information content (AvgIpc) is 1.97. The molecular weight excluding hydrogens is 188 g/mol. The van der Waals surface area contributed by atoms with Crippen LogP contribution in [-0.2, 0) is 10.8 Å². The van der Waals surface area contributed by atoms with E-state index >= 15 is 0 Å². The molecule has 3 heteroatoms. The van der Waals surface area contributed by atoms with Gasteiger partial charge >= 0.3 is 0 Å². The minimum Gasteiger partial charge on any atom is -0.259 e. The Morgan fingerprint density at radius 3 is 2.25 bits per heavy atom. The predicted octanol–water partition coefficient (Wildman–Crippen LogP) is 2.68. The van der Waals surface area contributed by atoms with Gasteiger partial charge in [0.25, 0.3) is 0 Å². The molecule has 0 spiro atoms. The van der Waals surface area contributed by atoms with E-state index in [1.165, 1.54) is 0 Å². The molecule has 0 fully saturated rings. The molecule has 1 unspecified atom stereocenters. The zero-order valence-corrected chi connectivity index (χ0v) is 10.1. The Labute approximate surface area is 83.2 Å². The fraction of sp³-hybridized carbons (Fsp3) is 1.00. The summed E-state index contributed by atoms with van der Waals surface area (Å²) in [6, 6.07) is 0. The van der Waals surface area contributed by atoms with E-state index in [0.717, 1.165) is 17.9 Å². The Bertz CT molecular complexity index is 132. The monoisotopic (exact) mass is 208 g/mol. The Balaban J connectivity index is 3.26. The third kappa shape index (κ3) is 7.17. The molecular formula is C9H20OS2. The molecule has 0 aliphatic heterocycles. The topological polar surface area (TPSA) is 17.1 Å². The van der Waals surface area contributed by atoms with Crippen LogP contribution in [0.15, 0.2) is 0 Å². The van der Waals surface area contributed by atoms with Crippen molar-refractivity contribution in [1.82, 2.24) is 0 Å². The molecule has 0 saturated carbocycles. The summed E-state index contributed by atoms with van der Waals surface area (Å²) in [5.74, 6) is 2.02. The quantitative estimate of drug-likeness (QED) is 0.624. The summed E-state index contributed by atoms with van der Waals surface area (Å²) in [7, 11) is -0.600. The minimum atomic E-state index is -0.600. The Morgan fingerprint density at radius 1 is 1.25 bits per heavy atom. The van der Waals surface area contributed by atoms with Crippen LogP contribution in [0.3, 0.4) is 0 Å². The number of hydrogen-bond acceptors (Lipinski definition) is 2. The van der Waals surface area contributed by atoms with Gasteiger partial charge in [0.15, 0.2) is 0 Å². The van der Waals surface area contributed by atoms with Crippen molar-refractivity contribution in [1.29, 1.82) is 0 Å². The fourth-order valence-electron chi connectivity index (χ4n) is 0.756. The molecule has 12 heavy (non-hydrogen) atoms. The fourth-order valence-corrected chi connectivity index (χ4v) is 2.62. The molecule has 0 heterocycles. The Morgan fingerprint density at radius 2 is 1.83 bits per heavy atom. The largest absolute Gasteiger partial charge is 0.259 e. The van der Waals surface area contributed by atoms with Crippen LogP contribution in [0.1, 0.15) is 34.1 Å². The highest BCUT2D eigenvalue weighted by atomic mass is 32.2. The van der Waals surface area contributed by atoms with Crippen LogP contribution in [0, 0.1) is 0 Å². The second-order valence-electron chi connectivity index (χ2n) is 3.41. The van der Waals surface area contributed by atoms with Crippen molar-refractivity contribution in [3.8, 4) is 0 Å². The summed E-state index contributed by atoms with van der Waals surface area (Å²) in [5, 5.41) is 1.03. The zero-order chi connectivity index (χ0) is 9.56. The number of thioether (sulfide) groups is 1. The van der Waals surface area contributed by atoms with Gasteiger partial charge in [-0.25, -0.2) is 0 Å². The van der Waals surface area contributed by atoms with E-state index in [2.05, 4.69) is 13.8 Å². The first-order chi connectivity index (χ1) is 5.54. The molecule has 0 aliphatic rings. The summed E-state index contributed by atoms with van der Waals surface area (Å²) in [6.45, 7) is 8.44. The molecule has 0 saturated heterocycles. The Hall–Kier alpha value is 0.500. The lowest BCUT2D eigenvalue weighted by atomic mass is 10.5. The van der Waals surface area contributed by atoms with Crippen molar-refractivity contribution in [3.63, 3.8) is 0 Å². The van der Waals surface area contributed by atoms with Crippen LogP contribution < -0.4 is 0 Å². The van der Waals surface area contributed by atoms with Gasteiger partial charge in [0.1, 0.15) is 0 Å². The predicted molar refractivity (Wildman–Crippen MR) is 60.4 cm³/mol. The van der Waals surface area contributed by atoms with Crippen molar-refractivity contribution in [2.45, 2.75) is 44.6 Å². The van der Waals surface area contributed by atoms with Gasteiger partial charge in [-0.05, 0) is 17.4 Å². The molecule has 0 amide bonds. The first-order valence-corrected chi connectivity index (χ1v) is 6.96. The van der Waals surface area contributed by atoms with Gasteiger partial charge in [-0.15, -0.1) is 0 Å². The lowest BCUT2D eigenvalue weighted by Gasteiger charge is -2.06. The van der Waals surface area contributed by atoms with Crippen LogP contribution in [-0.4, -0.2) is 26.2 Å². The Kier molecular flexibility index (Phi) is 7.25. The second kappa shape index (κ2) is 6.96. The summed E-state index contributed by atoms with van der Waals surface area (Å²) >= 11 is 1.95. The van der Waals surface area contributed by atoms with Gasteiger partial charge in [-0.3, -0.25) is 4.21 Å². The van der Waals surface area contributed by atoms with E-state index in [-0.39, 0.29) is 0 Å². The van der Waals surface area contributed by atoms with E-state index in [1.54, 1.807) is 0 Å². The second-order valence-corrected chi connectivity index (χ2v) is 7.20. The summed E-state index contributed by atoms with van der Waals surface area (Å²) < 4.78 is 11.3. The maximum Gasteiger partial charge on any atom is 0.0291 e. The lowest BCUT2D eigenvalue weighted by Crippen LogP contribution is -2.10. The van der Waals surface area contributed by atoms with E-state index in [4.69, 9.17) is 0 Å². The SMILES string of the molecule is CC(C)SCCCS(=O)C(C)C. The van der Waals surface area contributed by atoms with Gasteiger partial charge < -0.3 is 0 Å². The van der Waals surface area contributed by atoms with Crippen LogP contribution in [0.25, 0.3) is 0 Å². The van der Waals surface area contributed by atoms with E-state index in [0.29, 0.717) is 10.5 Å². The zero-order valence-electron chi connectivity index (χ0n) is 8.50. The molecule has 0 bridgehead atoms. The molecule has 74 valence electrons. The lowest BCUT2D eigenvalue weighted by molar-refractivity contribution is 0.675. The van der Waals surface area contributed by atoms with Gasteiger partial charge in [0.05, 0.1) is 0 Å². The summed E-state index contributed by atoms with van der Waals surface area (Å²) in [4.78, 5) is 0. The first-order valence-electron chi connectivity index (χ1n) is 4.52. The number of rotatable bonds is 6. The molecule has 0 rings (SSSR count). The molecule has 1 atom stereocenters. The normalized spacial score (nSPS) is 14.2. The molecule has 0 radical (unpaired) electrons. The van der Waals surface area contributed by atoms with Crippen molar-refractivity contribution in [2.75, 3.05) is 11.5 Å². The third-order valence-corrected chi connectivity index (χ3v) is 4.40. The van der Waals surface area contributed by atoms with Crippen molar-refractivity contribution in [2.24, 2.45) is 0 Å². The molecule has 0 N–H and O–H groups in total. The third-order valence-electron chi connectivity index (χ3n) is 1.47. The van der Waals surface area contributed by atoms with Gasteiger partial charge in [-0.2, -0.15) is 11.8 Å². The van der Waals surface area contributed by atoms with Gasteiger partial charge in [-0.1, -0.05) is 27.7 Å². The van der Waals surface area contributed by atoms with E-state index in [9.17, 15) is 4.21 Å². The van der Waals surface area contributed by atoms with Gasteiger partial charge in [0, 0.05) is 21.8 Å². The highest BCUT2D eigenvalue weighted by Gasteiger charge is 2.04. The van der Waals surface area contributed by atoms with E-state index in [1.807, 2.05) is 25.6 Å².